The van der Waals surface area contributed by atoms with Gasteiger partial charge in [0.1, 0.15) is 5.82 Å². The number of ether oxygens (including phenoxy) is 1. The molecule has 0 spiro atoms. The molecule has 6 heteroatoms. The average Bonchev–Trinajstić information content (AvgIpc) is 2.74. The van der Waals surface area contributed by atoms with Crippen molar-refractivity contribution in [3.8, 4) is 5.75 Å². The first kappa shape index (κ1) is 13.4. The van der Waals surface area contributed by atoms with Gasteiger partial charge in [-0.1, -0.05) is 6.07 Å². The minimum atomic E-state index is -0.348. The summed E-state index contributed by atoms with van der Waals surface area (Å²) in [6, 6.07) is 6.74. The van der Waals surface area contributed by atoms with Crippen molar-refractivity contribution in [2.75, 3.05) is 19.9 Å². The quantitative estimate of drug-likeness (QED) is 0.863. The Kier molecular flexibility index (Phi) is 4.01. The number of anilines is 1. The Labute approximate surface area is 111 Å². The lowest BCUT2D eigenvalue weighted by atomic mass is 10.2. The van der Waals surface area contributed by atoms with E-state index < -0.39 is 0 Å². The maximum atomic E-state index is 13.6. The maximum Gasteiger partial charge on any atom is 0.165 e. The summed E-state index contributed by atoms with van der Waals surface area (Å²) in [5.74, 6) is 0.380. The zero-order valence-corrected chi connectivity index (χ0v) is 11.0. The summed E-state index contributed by atoms with van der Waals surface area (Å²) >= 11 is 0. The van der Waals surface area contributed by atoms with E-state index in [1.807, 2.05) is 18.0 Å². The zero-order valence-electron chi connectivity index (χ0n) is 11.0. The Morgan fingerprint density at radius 1 is 1.37 bits per heavy atom. The smallest absolute Gasteiger partial charge is 0.165 e. The number of methoxy groups -OCH3 is 1. The predicted octanol–water partition coefficient (Wildman–Crippen LogP) is 1.77. The molecule has 0 fully saturated rings. The second-order valence-electron chi connectivity index (χ2n) is 4.46. The molecule has 5 nitrogen and oxygen atoms in total. The molecule has 1 aromatic carbocycles. The monoisotopic (exact) mass is 264 g/mol. The van der Waals surface area contributed by atoms with Crippen molar-refractivity contribution in [2.24, 2.45) is 0 Å². The topological polar surface area (TPSA) is 67.2 Å². The van der Waals surface area contributed by atoms with Crippen LogP contribution in [-0.2, 0) is 13.1 Å². The number of benzene rings is 1. The fourth-order valence-corrected chi connectivity index (χ4v) is 1.93. The Morgan fingerprint density at radius 2 is 2.16 bits per heavy atom. The minimum Gasteiger partial charge on any atom is -0.494 e. The van der Waals surface area contributed by atoms with E-state index in [1.165, 1.54) is 13.2 Å². The van der Waals surface area contributed by atoms with Gasteiger partial charge in [0.15, 0.2) is 11.6 Å². The van der Waals surface area contributed by atoms with Gasteiger partial charge in [-0.2, -0.15) is 5.10 Å². The van der Waals surface area contributed by atoms with E-state index in [9.17, 15) is 4.39 Å². The first-order valence-electron chi connectivity index (χ1n) is 5.89. The molecule has 2 rings (SSSR count). The Hall–Kier alpha value is -2.08. The molecule has 0 saturated heterocycles. The molecule has 0 unspecified atom stereocenters. The van der Waals surface area contributed by atoms with Crippen molar-refractivity contribution in [2.45, 2.75) is 13.1 Å². The third kappa shape index (κ3) is 3.45. The Balaban J connectivity index is 1.98. The van der Waals surface area contributed by atoms with Gasteiger partial charge in [0.25, 0.3) is 0 Å². The van der Waals surface area contributed by atoms with Crippen molar-refractivity contribution in [3.05, 3.63) is 41.3 Å². The highest BCUT2D eigenvalue weighted by Gasteiger charge is 2.07. The van der Waals surface area contributed by atoms with Crippen molar-refractivity contribution >= 4 is 5.82 Å². The highest BCUT2D eigenvalue weighted by atomic mass is 19.1. The molecule has 0 aliphatic heterocycles. The summed E-state index contributed by atoms with van der Waals surface area (Å²) in [5.41, 5.74) is 7.34. The standard InChI is InChI=1S/C13H17FN4O/c1-18(8-10-6-13(15)17-16-10)7-9-3-4-12(19-2)11(14)5-9/h3-6H,7-8H2,1-2H3,(H3,15,16,17). The van der Waals surface area contributed by atoms with E-state index in [0.29, 0.717) is 18.9 Å². The van der Waals surface area contributed by atoms with Crippen LogP contribution in [0.1, 0.15) is 11.3 Å². The van der Waals surface area contributed by atoms with E-state index in [4.69, 9.17) is 10.5 Å². The van der Waals surface area contributed by atoms with E-state index in [0.717, 1.165) is 11.3 Å². The number of aromatic amines is 1. The number of aromatic nitrogens is 2. The summed E-state index contributed by atoms with van der Waals surface area (Å²) in [6.45, 7) is 1.29. The summed E-state index contributed by atoms with van der Waals surface area (Å²) in [7, 11) is 3.39. The molecular formula is C13H17FN4O. The van der Waals surface area contributed by atoms with Crippen LogP contribution in [0.25, 0.3) is 0 Å². The van der Waals surface area contributed by atoms with Crippen LogP contribution in [0.5, 0.6) is 5.75 Å². The number of hydrogen-bond acceptors (Lipinski definition) is 4. The first-order valence-corrected chi connectivity index (χ1v) is 5.89. The third-order valence-electron chi connectivity index (χ3n) is 2.76. The SMILES string of the molecule is COc1ccc(CN(C)Cc2cc(N)n[nH]2)cc1F. The molecule has 0 radical (unpaired) electrons. The highest BCUT2D eigenvalue weighted by molar-refractivity contribution is 5.30. The number of halogens is 1. The van der Waals surface area contributed by atoms with Crippen molar-refractivity contribution in [1.29, 1.82) is 0 Å². The van der Waals surface area contributed by atoms with Crippen LogP contribution in [0, 0.1) is 5.82 Å². The lowest BCUT2D eigenvalue weighted by Crippen LogP contribution is -2.17. The van der Waals surface area contributed by atoms with Gasteiger partial charge in [0.2, 0.25) is 0 Å². The Bertz CT molecular complexity index is 555. The fourth-order valence-electron chi connectivity index (χ4n) is 1.93. The third-order valence-corrected chi connectivity index (χ3v) is 2.76. The molecule has 19 heavy (non-hydrogen) atoms. The van der Waals surface area contributed by atoms with Crippen LogP contribution < -0.4 is 10.5 Å². The lowest BCUT2D eigenvalue weighted by molar-refractivity contribution is 0.313. The molecule has 3 N–H and O–H groups in total. The van der Waals surface area contributed by atoms with Crippen molar-refractivity contribution in [3.63, 3.8) is 0 Å². The second kappa shape index (κ2) is 5.71. The molecule has 102 valence electrons. The summed E-state index contributed by atoms with van der Waals surface area (Å²) < 4.78 is 18.4. The van der Waals surface area contributed by atoms with Crippen LogP contribution in [-0.4, -0.2) is 29.3 Å². The van der Waals surface area contributed by atoms with Gasteiger partial charge in [-0.3, -0.25) is 10.00 Å². The van der Waals surface area contributed by atoms with Crippen LogP contribution >= 0.6 is 0 Å². The predicted molar refractivity (Wildman–Crippen MR) is 71.1 cm³/mol. The zero-order chi connectivity index (χ0) is 13.8. The molecule has 0 saturated carbocycles. The van der Waals surface area contributed by atoms with Gasteiger partial charge < -0.3 is 10.5 Å². The highest BCUT2D eigenvalue weighted by Crippen LogP contribution is 2.18. The second-order valence-corrected chi connectivity index (χ2v) is 4.46. The number of nitrogens with two attached hydrogens (primary N) is 1. The summed E-state index contributed by atoms with van der Waals surface area (Å²) in [5, 5.41) is 6.70. The number of nitrogens with zero attached hydrogens (tertiary/aromatic N) is 2. The largest absolute Gasteiger partial charge is 0.494 e. The molecule has 0 bridgehead atoms. The van der Waals surface area contributed by atoms with E-state index >= 15 is 0 Å². The first-order chi connectivity index (χ1) is 9.08. The van der Waals surface area contributed by atoms with Gasteiger partial charge in [0, 0.05) is 19.2 Å². The van der Waals surface area contributed by atoms with Gasteiger partial charge in [0.05, 0.1) is 12.8 Å². The summed E-state index contributed by atoms with van der Waals surface area (Å²) in [4.78, 5) is 2.04. The van der Waals surface area contributed by atoms with Gasteiger partial charge in [-0.05, 0) is 24.7 Å². The summed E-state index contributed by atoms with van der Waals surface area (Å²) in [6.07, 6.45) is 0. The molecular weight excluding hydrogens is 247 g/mol. The minimum absolute atomic E-state index is 0.257. The number of nitrogens with one attached hydrogen (secondary N) is 1. The molecule has 0 amide bonds. The molecule has 0 atom stereocenters. The van der Waals surface area contributed by atoms with Crippen LogP contribution in [0.3, 0.4) is 0 Å². The molecule has 2 aromatic rings. The van der Waals surface area contributed by atoms with Gasteiger partial charge >= 0.3 is 0 Å². The number of hydrogen-bond donors (Lipinski definition) is 2. The van der Waals surface area contributed by atoms with E-state index in [1.54, 1.807) is 12.1 Å². The van der Waals surface area contributed by atoms with E-state index in [-0.39, 0.29) is 11.6 Å². The van der Waals surface area contributed by atoms with Crippen molar-refractivity contribution < 1.29 is 9.13 Å². The van der Waals surface area contributed by atoms with Crippen LogP contribution in [0.4, 0.5) is 10.2 Å². The van der Waals surface area contributed by atoms with Gasteiger partial charge in [-0.25, -0.2) is 4.39 Å². The molecule has 1 heterocycles. The van der Waals surface area contributed by atoms with E-state index in [2.05, 4.69) is 10.2 Å². The fraction of sp³-hybridized carbons (Fsp3) is 0.308. The number of rotatable bonds is 5. The van der Waals surface area contributed by atoms with Crippen LogP contribution in [0.15, 0.2) is 24.3 Å². The molecule has 0 aliphatic carbocycles. The molecule has 1 aromatic heterocycles. The average molecular weight is 264 g/mol. The van der Waals surface area contributed by atoms with Crippen LogP contribution in [0.2, 0.25) is 0 Å². The Morgan fingerprint density at radius 3 is 2.74 bits per heavy atom. The normalized spacial score (nSPS) is 10.9. The molecule has 0 aliphatic rings. The number of nitrogen functional groups attached to an aromatic ring is 1. The van der Waals surface area contributed by atoms with Crippen molar-refractivity contribution in [1.82, 2.24) is 15.1 Å². The van der Waals surface area contributed by atoms with Gasteiger partial charge in [-0.15, -0.1) is 0 Å². The number of H-pyrrole nitrogens is 1. The maximum absolute atomic E-state index is 13.6. The lowest BCUT2D eigenvalue weighted by Gasteiger charge is -2.16.